The van der Waals surface area contributed by atoms with Crippen molar-refractivity contribution >= 4 is 13.7 Å². The van der Waals surface area contributed by atoms with Crippen LogP contribution in [0.5, 0.6) is 0 Å². The second kappa shape index (κ2) is 52.6. The van der Waals surface area contributed by atoms with E-state index in [-0.39, 0.29) is 19.1 Å². The summed E-state index contributed by atoms with van der Waals surface area (Å²) in [6.07, 6.45) is 68.3. The molecule has 0 bridgehead atoms. The zero-order valence-electron chi connectivity index (χ0n) is 47.3. The average molecular weight is 1010 g/mol. The van der Waals surface area contributed by atoms with Crippen molar-refractivity contribution in [2.75, 3.05) is 40.9 Å². The molecule has 9 heteroatoms. The van der Waals surface area contributed by atoms with Gasteiger partial charge in [-0.15, -0.1) is 0 Å². The van der Waals surface area contributed by atoms with Crippen LogP contribution in [-0.2, 0) is 18.4 Å². The van der Waals surface area contributed by atoms with Gasteiger partial charge in [0.05, 0.1) is 39.9 Å². The van der Waals surface area contributed by atoms with Crippen LogP contribution < -0.4 is 5.32 Å². The molecule has 0 aliphatic carbocycles. The number of hydrogen-bond acceptors (Lipinski definition) is 5. The number of amides is 1. The third-order valence-electron chi connectivity index (χ3n) is 13.8. The van der Waals surface area contributed by atoms with Gasteiger partial charge in [-0.1, -0.05) is 281 Å². The standard InChI is InChI=1S/C61H119N2O6P/c1-6-8-10-12-14-16-18-20-22-24-26-28-30-31-32-33-35-37-39-41-43-45-47-49-51-53-55-61(65)62-59(58-69-70(66,67)68-57-56-63(3,4)5)60(64)54-52-50-48-46-44-42-40-38-36-34-29-27-25-23-21-19-17-15-13-11-9-7-2/h36,38,44,46,52,54,59-60,64H,6-35,37,39-43,45,47-51,53,55-58H2,1-5H3,(H-,62,65,66,67)/p+1/b38-36+,46-44+,54-52+. The van der Waals surface area contributed by atoms with Gasteiger partial charge >= 0.3 is 7.82 Å². The molecule has 0 aromatic heterocycles. The van der Waals surface area contributed by atoms with Crippen LogP contribution in [0.4, 0.5) is 0 Å². The molecule has 414 valence electrons. The van der Waals surface area contributed by atoms with E-state index < -0.39 is 20.0 Å². The fourth-order valence-corrected chi connectivity index (χ4v) is 9.81. The number of quaternary nitrogens is 1. The van der Waals surface area contributed by atoms with Crippen LogP contribution in [0.15, 0.2) is 36.5 Å². The molecule has 0 aromatic carbocycles. The van der Waals surface area contributed by atoms with E-state index in [1.165, 1.54) is 231 Å². The predicted molar refractivity (Wildman–Crippen MR) is 304 cm³/mol. The molecule has 70 heavy (non-hydrogen) atoms. The predicted octanol–water partition coefficient (Wildman–Crippen LogP) is 18.5. The molecule has 0 aliphatic heterocycles. The van der Waals surface area contributed by atoms with Gasteiger partial charge < -0.3 is 19.8 Å². The lowest BCUT2D eigenvalue weighted by Crippen LogP contribution is -2.45. The van der Waals surface area contributed by atoms with Crippen LogP contribution in [0.1, 0.15) is 296 Å². The third kappa shape index (κ3) is 54.5. The van der Waals surface area contributed by atoms with Crippen molar-refractivity contribution in [3.63, 3.8) is 0 Å². The first-order valence-corrected chi connectivity index (χ1v) is 31.9. The van der Waals surface area contributed by atoms with Gasteiger partial charge in [0, 0.05) is 6.42 Å². The number of phosphoric ester groups is 1. The summed E-state index contributed by atoms with van der Waals surface area (Å²) in [5.74, 6) is -0.185. The summed E-state index contributed by atoms with van der Waals surface area (Å²) in [7, 11) is 1.56. The maximum Gasteiger partial charge on any atom is 0.472 e. The molecule has 0 fully saturated rings. The summed E-state index contributed by atoms with van der Waals surface area (Å²) < 4.78 is 23.7. The number of aliphatic hydroxyl groups excluding tert-OH is 1. The number of likely N-dealkylation sites (N-methyl/N-ethyl adjacent to an activating group) is 1. The van der Waals surface area contributed by atoms with Gasteiger partial charge in [-0.25, -0.2) is 4.57 Å². The van der Waals surface area contributed by atoms with Gasteiger partial charge in [-0.3, -0.25) is 13.8 Å². The molecule has 0 heterocycles. The summed E-state index contributed by atoms with van der Waals surface area (Å²) in [6, 6.07) is -0.868. The number of nitrogens with one attached hydrogen (secondary N) is 1. The molecule has 1 amide bonds. The molecule has 0 saturated heterocycles. The first-order valence-electron chi connectivity index (χ1n) is 30.4. The van der Waals surface area contributed by atoms with Crippen molar-refractivity contribution < 1.29 is 32.9 Å². The number of aliphatic hydroxyl groups is 1. The molecule has 0 spiro atoms. The number of phosphoric acid groups is 1. The van der Waals surface area contributed by atoms with E-state index in [1.54, 1.807) is 6.08 Å². The van der Waals surface area contributed by atoms with Crippen molar-refractivity contribution in [1.29, 1.82) is 0 Å². The van der Waals surface area contributed by atoms with Crippen molar-refractivity contribution in [2.45, 2.75) is 309 Å². The Bertz CT molecular complexity index is 1230. The Morgan fingerprint density at radius 3 is 1.14 bits per heavy atom. The SMILES string of the molecule is CCCCCCCCCCCCCC/C=C/CC/C=C/CC/C=C/C(O)C(COP(=O)(O)OCC[N+](C)(C)C)NC(=O)CCCCCCCCCCCCCCCCCCCCCCCCCCCC. The molecule has 0 rings (SSSR count). The van der Waals surface area contributed by atoms with Crippen molar-refractivity contribution in [3.8, 4) is 0 Å². The number of unbranched alkanes of at least 4 members (excludes halogenated alkanes) is 39. The molecule has 3 N–H and O–H groups in total. The van der Waals surface area contributed by atoms with Crippen LogP contribution in [-0.4, -0.2) is 73.4 Å². The fourth-order valence-electron chi connectivity index (χ4n) is 9.08. The highest BCUT2D eigenvalue weighted by molar-refractivity contribution is 7.47. The highest BCUT2D eigenvalue weighted by atomic mass is 31.2. The Morgan fingerprint density at radius 1 is 0.471 bits per heavy atom. The number of carbonyl (C=O) groups excluding carboxylic acids is 1. The molecule has 0 saturated carbocycles. The van der Waals surface area contributed by atoms with E-state index in [9.17, 15) is 19.4 Å². The van der Waals surface area contributed by atoms with E-state index in [0.717, 1.165) is 44.9 Å². The molecular weight excluding hydrogens is 888 g/mol. The van der Waals surface area contributed by atoms with Crippen LogP contribution in [0, 0.1) is 0 Å². The Morgan fingerprint density at radius 2 is 0.786 bits per heavy atom. The molecule has 0 aliphatic rings. The van der Waals surface area contributed by atoms with Gasteiger partial charge in [0.15, 0.2) is 0 Å². The number of carbonyl (C=O) groups is 1. The topological polar surface area (TPSA) is 105 Å². The van der Waals surface area contributed by atoms with Crippen LogP contribution in [0.2, 0.25) is 0 Å². The third-order valence-corrected chi connectivity index (χ3v) is 14.8. The van der Waals surface area contributed by atoms with E-state index in [4.69, 9.17) is 9.05 Å². The van der Waals surface area contributed by atoms with E-state index in [1.807, 2.05) is 27.2 Å². The van der Waals surface area contributed by atoms with Crippen LogP contribution in [0.3, 0.4) is 0 Å². The second-order valence-corrected chi connectivity index (χ2v) is 23.5. The van der Waals surface area contributed by atoms with Gasteiger partial charge in [0.25, 0.3) is 0 Å². The molecule has 3 unspecified atom stereocenters. The highest BCUT2D eigenvalue weighted by Gasteiger charge is 2.27. The van der Waals surface area contributed by atoms with E-state index in [2.05, 4.69) is 43.5 Å². The fraction of sp³-hybridized carbons (Fsp3) is 0.885. The summed E-state index contributed by atoms with van der Waals surface area (Å²) in [6.45, 7) is 4.83. The lowest BCUT2D eigenvalue weighted by molar-refractivity contribution is -0.870. The minimum Gasteiger partial charge on any atom is -0.387 e. The summed E-state index contributed by atoms with van der Waals surface area (Å²) in [4.78, 5) is 23.3. The normalized spacial score (nSPS) is 14.1. The largest absolute Gasteiger partial charge is 0.472 e. The van der Waals surface area contributed by atoms with Gasteiger partial charge in [0.1, 0.15) is 13.2 Å². The zero-order chi connectivity index (χ0) is 51.3. The van der Waals surface area contributed by atoms with E-state index >= 15 is 0 Å². The first kappa shape index (κ1) is 68.7. The zero-order valence-corrected chi connectivity index (χ0v) is 48.2. The minimum atomic E-state index is -4.36. The lowest BCUT2D eigenvalue weighted by Gasteiger charge is -2.25. The lowest BCUT2D eigenvalue weighted by atomic mass is 10.0. The summed E-state index contributed by atoms with van der Waals surface area (Å²) >= 11 is 0. The van der Waals surface area contributed by atoms with E-state index in [0.29, 0.717) is 17.4 Å². The smallest absolute Gasteiger partial charge is 0.387 e. The van der Waals surface area contributed by atoms with Crippen molar-refractivity contribution in [2.24, 2.45) is 0 Å². The quantitative estimate of drug-likeness (QED) is 0.0243. The number of rotatable bonds is 56. The summed E-state index contributed by atoms with van der Waals surface area (Å²) in [5.41, 5.74) is 0. The number of nitrogens with zero attached hydrogens (tertiary/aromatic N) is 1. The highest BCUT2D eigenvalue weighted by Crippen LogP contribution is 2.43. The first-order chi connectivity index (χ1) is 34.0. The van der Waals surface area contributed by atoms with Gasteiger partial charge in [-0.05, 0) is 44.9 Å². The number of hydrogen-bond donors (Lipinski definition) is 3. The molecule has 0 radical (unpaired) electrons. The molecule has 0 aromatic rings. The Labute approximate surface area is 436 Å². The Hall–Kier alpha value is -1.28. The maximum absolute atomic E-state index is 13.0. The Balaban J connectivity index is 4.20. The van der Waals surface area contributed by atoms with Gasteiger partial charge in [-0.2, -0.15) is 0 Å². The summed E-state index contributed by atoms with van der Waals surface area (Å²) in [5, 5.41) is 13.9. The molecular formula is C61H120N2O6P+. The average Bonchev–Trinajstić information content (AvgIpc) is 3.32. The van der Waals surface area contributed by atoms with Crippen LogP contribution >= 0.6 is 7.82 Å². The Kier molecular flexibility index (Phi) is 51.6. The van der Waals surface area contributed by atoms with Crippen molar-refractivity contribution in [3.05, 3.63) is 36.5 Å². The number of allylic oxidation sites excluding steroid dienone is 5. The second-order valence-electron chi connectivity index (χ2n) is 22.1. The molecule has 8 nitrogen and oxygen atoms in total. The van der Waals surface area contributed by atoms with Crippen LogP contribution in [0.25, 0.3) is 0 Å². The monoisotopic (exact) mass is 1010 g/mol. The minimum absolute atomic E-state index is 0.0552. The van der Waals surface area contributed by atoms with Crippen molar-refractivity contribution in [1.82, 2.24) is 5.32 Å². The molecule has 3 atom stereocenters. The maximum atomic E-state index is 13.0. The van der Waals surface area contributed by atoms with Gasteiger partial charge in [0.2, 0.25) is 5.91 Å².